The first kappa shape index (κ1) is 14.8. The molecule has 0 unspecified atom stereocenters. The van der Waals surface area contributed by atoms with E-state index in [1.165, 1.54) is 19.2 Å². The second kappa shape index (κ2) is 5.57. The third kappa shape index (κ3) is 2.44. The van der Waals surface area contributed by atoms with Crippen LogP contribution in [-0.2, 0) is 0 Å². The Labute approximate surface area is 131 Å². The fraction of sp³-hybridized carbons (Fsp3) is 0.118. The predicted molar refractivity (Wildman–Crippen MR) is 84.4 cm³/mol. The van der Waals surface area contributed by atoms with E-state index in [4.69, 9.17) is 13.9 Å². The molecule has 1 aromatic heterocycles. The van der Waals surface area contributed by atoms with Gasteiger partial charge in [-0.25, -0.2) is 0 Å². The van der Waals surface area contributed by atoms with Gasteiger partial charge in [-0.1, -0.05) is 0 Å². The van der Waals surface area contributed by atoms with E-state index in [1.807, 2.05) is 0 Å². The Bertz CT molecular complexity index is 924. The molecule has 118 valence electrons. The lowest BCUT2D eigenvalue weighted by molar-refractivity contribution is 0.367. The average molecular weight is 314 g/mol. The summed E-state index contributed by atoms with van der Waals surface area (Å²) in [7, 11) is 2.89. The normalized spacial score (nSPS) is 10.7. The van der Waals surface area contributed by atoms with E-state index in [-0.39, 0.29) is 34.0 Å². The van der Waals surface area contributed by atoms with Gasteiger partial charge in [-0.05, 0) is 24.3 Å². The van der Waals surface area contributed by atoms with Gasteiger partial charge >= 0.3 is 0 Å². The van der Waals surface area contributed by atoms with E-state index in [0.29, 0.717) is 11.3 Å². The summed E-state index contributed by atoms with van der Waals surface area (Å²) < 4.78 is 15.7. The fourth-order valence-corrected chi connectivity index (χ4v) is 2.33. The van der Waals surface area contributed by atoms with Crippen molar-refractivity contribution >= 4 is 11.0 Å². The van der Waals surface area contributed by atoms with Crippen LogP contribution in [0.1, 0.15) is 0 Å². The van der Waals surface area contributed by atoms with Crippen molar-refractivity contribution < 1.29 is 24.1 Å². The number of hydrogen-bond acceptors (Lipinski definition) is 6. The first-order chi connectivity index (χ1) is 11.0. The third-order valence-corrected chi connectivity index (χ3v) is 3.51. The van der Waals surface area contributed by atoms with Crippen LogP contribution in [0.15, 0.2) is 45.6 Å². The van der Waals surface area contributed by atoms with Gasteiger partial charge in [0.2, 0.25) is 5.75 Å². The Morgan fingerprint density at radius 1 is 1.00 bits per heavy atom. The molecule has 3 rings (SSSR count). The number of rotatable bonds is 3. The highest BCUT2D eigenvalue weighted by atomic mass is 16.5. The van der Waals surface area contributed by atoms with Crippen molar-refractivity contribution in [3.8, 4) is 34.3 Å². The molecule has 0 saturated carbocycles. The van der Waals surface area contributed by atoms with E-state index in [1.54, 1.807) is 31.4 Å². The van der Waals surface area contributed by atoms with Crippen molar-refractivity contribution in [3.63, 3.8) is 0 Å². The molecule has 0 saturated heterocycles. The molecular formula is C17H14O6. The van der Waals surface area contributed by atoms with Gasteiger partial charge in [-0.15, -0.1) is 0 Å². The highest BCUT2D eigenvalue weighted by Gasteiger charge is 2.18. The van der Waals surface area contributed by atoms with E-state index in [9.17, 15) is 15.0 Å². The average Bonchev–Trinajstić information content (AvgIpc) is 2.57. The zero-order valence-electron chi connectivity index (χ0n) is 12.5. The molecule has 0 atom stereocenters. The van der Waals surface area contributed by atoms with Gasteiger partial charge in [0.25, 0.3) is 0 Å². The minimum Gasteiger partial charge on any atom is -0.507 e. The van der Waals surface area contributed by atoms with Crippen molar-refractivity contribution in [2.45, 2.75) is 0 Å². The molecule has 0 spiro atoms. The number of phenolic OH excluding ortho intramolecular Hbond substituents is 2. The summed E-state index contributed by atoms with van der Waals surface area (Å²) in [4.78, 5) is 12.3. The molecule has 0 fully saturated rings. The summed E-state index contributed by atoms with van der Waals surface area (Å²) in [6, 6.07) is 9.32. The van der Waals surface area contributed by atoms with Crippen LogP contribution in [0.4, 0.5) is 0 Å². The maximum absolute atomic E-state index is 12.3. The Morgan fingerprint density at radius 2 is 1.70 bits per heavy atom. The smallest absolute Gasteiger partial charge is 0.202 e. The van der Waals surface area contributed by atoms with Gasteiger partial charge in [0, 0.05) is 17.7 Å². The van der Waals surface area contributed by atoms with E-state index >= 15 is 0 Å². The minimum absolute atomic E-state index is 0.0185. The van der Waals surface area contributed by atoms with Crippen LogP contribution in [0.3, 0.4) is 0 Å². The van der Waals surface area contributed by atoms with Crippen LogP contribution in [-0.4, -0.2) is 24.4 Å². The molecule has 3 aromatic rings. The van der Waals surface area contributed by atoms with Crippen molar-refractivity contribution in [1.82, 2.24) is 0 Å². The summed E-state index contributed by atoms with van der Waals surface area (Å²) in [6.45, 7) is 0. The fourth-order valence-electron chi connectivity index (χ4n) is 2.33. The largest absolute Gasteiger partial charge is 0.507 e. The molecule has 1 heterocycles. The lowest BCUT2D eigenvalue weighted by atomic mass is 10.1. The molecule has 2 N–H and O–H groups in total. The Balaban J connectivity index is 2.27. The second-order valence-corrected chi connectivity index (χ2v) is 4.85. The Morgan fingerprint density at radius 3 is 2.30 bits per heavy atom. The summed E-state index contributed by atoms with van der Waals surface area (Å²) >= 11 is 0. The number of aromatic hydroxyl groups is 2. The van der Waals surface area contributed by atoms with Gasteiger partial charge < -0.3 is 24.1 Å². The predicted octanol–water partition coefficient (Wildman–Crippen LogP) is 2.89. The molecule has 6 heteroatoms. The molecule has 0 amide bonds. The second-order valence-electron chi connectivity index (χ2n) is 4.85. The number of phenols is 2. The van der Waals surface area contributed by atoms with Crippen LogP contribution in [0.5, 0.6) is 23.0 Å². The molecule has 23 heavy (non-hydrogen) atoms. The van der Waals surface area contributed by atoms with Gasteiger partial charge in [-0.2, -0.15) is 0 Å². The van der Waals surface area contributed by atoms with Crippen LogP contribution in [0.25, 0.3) is 22.3 Å². The maximum atomic E-state index is 12.3. The van der Waals surface area contributed by atoms with Crippen molar-refractivity contribution in [3.05, 3.63) is 46.6 Å². The molecule has 0 aliphatic rings. The third-order valence-electron chi connectivity index (χ3n) is 3.51. The number of hydrogen-bond donors (Lipinski definition) is 2. The molecule has 0 bridgehead atoms. The first-order valence-corrected chi connectivity index (χ1v) is 6.76. The van der Waals surface area contributed by atoms with E-state index in [2.05, 4.69) is 0 Å². The molecule has 0 radical (unpaired) electrons. The van der Waals surface area contributed by atoms with Gasteiger partial charge in [0.05, 0.1) is 14.2 Å². The van der Waals surface area contributed by atoms with E-state index < -0.39 is 5.43 Å². The zero-order chi connectivity index (χ0) is 16.6. The molecule has 0 aliphatic carbocycles. The van der Waals surface area contributed by atoms with Crippen LogP contribution >= 0.6 is 0 Å². The highest BCUT2D eigenvalue weighted by molar-refractivity contribution is 5.91. The number of fused-ring (bicyclic) bond motifs is 1. The van der Waals surface area contributed by atoms with Crippen LogP contribution < -0.4 is 14.9 Å². The monoisotopic (exact) mass is 314 g/mol. The molecule has 6 nitrogen and oxygen atoms in total. The minimum atomic E-state index is -0.465. The molecule has 2 aromatic carbocycles. The zero-order valence-corrected chi connectivity index (χ0v) is 12.5. The van der Waals surface area contributed by atoms with Gasteiger partial charge in [-0.3, -0.25) is 4.79 Å². The van der Waals surface area contributed by atoms with Crippen molar-refractivity contribution in [1.29, 1.82) is 0 Å². The summed E-state index contributed by atoms with van der Waals surface area (Å²) in [5, 5.41) is 20.0. The standard InChI is InChI=1S/C17H14O6/c1-21-10-5-3-9(4-6-10)13-7-11(18)15-12(19)8-14(22-2)16(20)17(15)23-13/h3-8,19-20H,1-2H3. The number of ether oxygens (including phenoxy) is 2. The first-order valence-electron chi connectivity index (χ1n) is 6.76. The SMILES string of the molecule is COc1ccc(-c2cc(=O)c3c(O)cc(OC)c(O)c3o2)cc1. The molecular weight excluding hydrogens is 300 g/mol. The quantitative estimate of drug-likeness (QED) is 0.723. The van der Waals surface area contributed by atoms with Crippen LogP contribution in [0.2, 0.25) is 0 Å². The number of benzene rings is 2. The number of methoxy groups -OCH3 is 2. The van der Waals surface area contributed by atoms with Crippen molar-refractivity contribution in [2.24, 2.45) is 0 Å². The summed E-state index contributed by atoms with van der Waals surface area (Å²) in [5.74, 6) is 0.287. The molecule has 0 aliphatic heterocycles. The van der Waals surface area contributed by atoms with Gasteiger partial charge in [0.15, 0.2) is 16.8 Å². The maximum Gasteiger partial charge on any atom is 0.202 e. The highest BCUT2D eigenvalue weighted by Crippen LogP contribution is 2.40. The summed E-state index contributed by atoms with van der Waals surface area (Å²) in [5.41, 5.74) is 0.0409. The Kier molecular flexibility index (Phi) is 3.57. The van der Waals surface area contributed by atoms with Crippen LogP contribution in [0, 0.1) is 0 Å². The van der Waals surface area contributed by atoms with E-state index in [0.717, 1.165) is 0 Å². The lowest BCUT2D eigenvalue weighted by Crippen LogP contribution is -2.01. The van der Waals surface area contributed by atoms with Gasteiger partial charge in [0.1, 0.15) is 22.6 Å². The van der Waals surface area contributed by atoms with Crippen molar-refractivity contribution in [2.75, 3.05) is 14.2 Å². The summed E-state index contributed by atoms with van der Waals surface area (Å²) in [6.07, 6.45) is 0. The lowest BCUT2D eigenvalue weighted by Gasteiger charge is -2.09. The topological polar surface area (TPSA) is 89.1 Å². The Hall–Kier alpha value is -3.15.